The maximum atomic E-state index is 10.6. The van der Waals surface area contributed by atoms with Crippen LogP contribution in [0, 0.1) is 10.1 Å². The minimum Gasteiger partial charge on any atom is -0.497 e. The molecule has 0 aromatic heterocycles. The van der Waals surface area contributed by atoms with Crippen LogP contribution in [0.2, 0.25) is 0 Å². The lowest BCUT2D eigenvalue weighted by Gasteiger charge is -2.16. The molecule has 17 heavy (non-hydrogen) atoms. The smallest absolute Gasteiger partial charge is 0.240 e. The van der Waals surface area contributed by atoms with Gasteiger partial charge in [-0.25, -0.2) is 0 Å². The second kappa shape index (κ2) is 5.49. The summed E-state index contributed by atoms with van der Waals surface area (Å²) in [5.74, 6) is 0.905. The van der Waals surface area contributed by atoms with E-state index in [1.54, 1.807) is 12.1 Å². The summed E-state index contributed by atoms with van der Waals surface area (Å²) >= 11 is 0. The fourth-order valence-corrected chi connectivity index (χ4v) is 1.45. The van der Waals surface area contributed by atoms with Crippen molar-refractivity contribution < 1.29 is 19.5 Å². The van der Waals surface area contributed by atoms with Crippen molar-refractivity contribution >= 4 is 0 Å². The minimum absolute atomic E-state index is 0.344. The second-order valence-corrected chi connectivity index (χ2v) is 3.58. The molecule has 1 N–H and O–H groups in total. The summed E-state index contributed by atoms with van der Waals surface area (Å²) in [6.07, 6.45) is -1.24. The summed E-state index contributed by atoms with van der Waals surface area (Å²) in [6.45, 7) is 1.34. The van der Waals surface area contributed by atoms with Gasteiger partial charge in [0.15, 0.2) is 0 Å². The maximum Gasteiger partial charge on any atom is 0.240 e. The van der Waals surface area contributed by atoms with Gasteiger partial charge >= 0.3 is 0 Å². The Morgan fingerprint density at radius 2 is 2.00 bits per heavy atom. The number of benzene rings is 1. The number of nitro groups is 1. The lowest BCUT2D eigenvalue weighted by molar-refractivity contribution is -0.531. The van der Waals surface area contributed by atoms with Crippen LogP contribution in [0.4, 0.5) is 0 Å². The first-order valence-electron chi connectivity index (χ1n) is 5.04. The van der Waals surface area contributed by atoms with Crippen molar-refractivity contribution in [2.45, 2.75) is 19.1 Å². The highest BCUT2D eigenvalue weighted by atomic mass is 16.6. The first kappa shape index (κ1) is 13.2. The molecule has 6 heteroatoms. The van der Waals surface area contributed by atoms with Gasteiger partial charge in [-0.3, -0.25) is 10.1 Å². The van der Waals surface area contributed by atoms with E-state index in [2.05, 4.69) is 0 Å². The molecule has 0 saturated heterocycles. The van der Waals surface area contributed by atoms with E-state index >= 15 is 0 Å². The first-order valence-corrected chi connectivity index (χ1v) is 5.04. The molecule has 0 aliphatic heterocycles. The van der Waals surface area contributed by atoms with Gasteiger partial charge in [0.05, 0.1) is 14.2 Å². The number of rotatable bonds is 5. The average Bonchev–Trinajstić information content (AvgIpc) is 2.35. The van der Waals surface area contributed by atoms with E-state index in [-0.39, 0.29) is 0 Å². The molecule has 0 fully saturated rings. The number of ether oxygens (including phenoxy) is 2. The molecular weight excluding hydrogens is 226 g/mol. The standard InChI is InChI=1S/C11H15NO5/c1-7(12(14)15)11(13)9-6-8(16-2)4-5-10(9)17-3/h4-7,11,13H,1-3H3/t7-,11-/m1/s1. The van der Waals surface area contributed by atoms with Crippen LogP contribution in [-0.2, 0) is 0 Å². The molecule has 0 amide bonds. The summed E-state index contributed by atoms with van der Waals surface area (Å²) < 4.78 is 10.1. The normalized spacial score (nSPS) is 13.9. The summed E-state index contributed by atoms with van der Waals surface area (Å²) in [5, 5.41) is 20.6. The lowest BCUT2D eigenvalue weighted by atomic mass is 10.0. The quantitative estimate of drug-likeness (QED) is 0.622. The Hall–Kier alpha value is -1.82. The van der Waals surface area contributed by atoms with Crippen molar-refractivity contribution in [1.82, 2.24) is 0 Å². The largest absolute Gasteiger partial charge is 0.497 e. The van der Waals surface area contributed by atoms with E-state index < -0.39 is 17.1 Å². The summed E-state index contributed by atoms with van der Waals surface area (Å²) in [6, 6.07) is 3.68. The Kier molecular flexibility index (Phi) is 4.28. The number of nitrogens with zero attached hydrogens (tertiary/aromatic N) is 1. The first-order chi connectivity index (χ1) is 8.01. The van der Waals surface area contributed by atoms with Crippen LogP contribution in [0.5, 0.6) is 11.5 Å². The highest BCUT2D eigenvalue weighted by Gasteiger charge is 2.28. The van der Waals surface area contributed by atoms with Crippen LogP contribution < -0.4 is 9.47 Å². The van der Waals surface area contributed by atoms with Gasteiger partial charge < -0.3 is 14.6 Å². The molecular formula is C11H15NO5. The van der Waals surface area contributed by atoms with Gasteiger partial charge in [-0.1, -0.05) is 0 Å². The Bertz CT molecular complexity index is 407. The fraction of sp³-hybridized carbons (Fsp3) is 0.455. The zero-order valence-electron chi connectivity index (χ0n) is 9.91. The SMILES string of the molecule is COc1ccc(OC)c([C@H](O)[C@@H](C)[N+](=O)[O-])c1. The molecule has 0 saturated carbocycles. The van der Waals surface area contributed by atoms with Crippen LogP contribution >= 0.6 is 0 Å². The molecule has 2 atom stereocenters. The molecule has 94 valence electrons. The van der Waals surface area contributed by atoms with Crippen molar-refractivity contribution in [2.75, 3.05) is 14.2 Å². The second-order valence-electron chi connectivity index (χ2n) is 3.58. The van der Waals surface area contributed by atoms with Crippen molar-refractivity contribution in [1.29, 1.82) is 0 Å². The Morgan fingerprint density at radius 1 is 1.35 bits per heavy atom. The van der Waals surface area contributed by atoms with Crippen molar-refractivity contribution in [3.63, 3.8) is 0 Å². The van der Waals surface area contributed by atoms with Crippen LogP contribution in [0.3, 0.4) is 0 Å². The van der Waals surface area contributed by atoms with E-state index in [0.29, 0.717) is 17.1 Å². The zero-order valence-corrected chi connectivity index (χ0v) is 9.91. The lowest BCUT2D eigenvalue weighted by Crippen LogP contribution is -2.24. The fourth-order valence-electron chi connectivity index (χ4n) is 1.45. The predicted octanol–water partition coefficient (Wildman–Crippen LogP) is 1.40. The number of aliphatic hydroxyl groups is 1. The van der Waals surface area contributed by atoms with Crippen molar-refractivity contribution in [3.8, 4) is 11.5 Å². The van der Waals surface area contributed by atoms with Crippen LogP contribution in [0.1, 0.15) is 18.6 Å². The molecule has 0 aliphatic carbocycles. The van der Waals surface area contributed by atoms with E-state index in [1.165, 1.54) is 27.2 Å². The van der Waals surface area contributed by atoms with Gasteiger partial charge in [-0.2, -0.15) is 0 Å². The van der Waals surface area contributed by atoms with Crippen molar-refractivity contribution in [3.05, 3.63) is 33.9 Å². The van der Waals surface area contributed by atoms with Gasteiger partial charge in [0.25, 0.3) is 0 Å². The molecule has 0 spiro atoms. The molecule has 0 unspecified atom stereocenters. The Labute approximate surface area is 98.9 Å². The summed E-state index contributed by atoms with van der Waals surface area (Å²) in [7, 11) is 2.92. The zero-order chi connectivity index (χ0) is 13.0. The topological polar surface area (TPSA) is 81.8 Å². The third kappa shape index (κ3) is 2.85. The highest BCUT2D eigenvalue weighted by Crippen LogP contribution is 2.31. The number of methoxy groups -OCH3 is 2. The van der Waals surface area contributed by atoms with E-state index in [4.69, 9.17) is 9.47 Å². The van der Waals surface area contributed by atoms with Crippen LogP contribution in [0.25, 0.3) is 0 Å². The van der Waals surface area contributed by atoms with Gasteiger partial charge in [-0.05, 0) is 18.2 Å². The highest BCUT2D eigenvalue weighted by molar-refractivity contribution is 5.41. The van der Waals surface area contributed by atoms with Crippen LogP contribution in [-0.4, -0.2) is 30.3 Å². The van der Waals surface area contributed by atoms with Crippen molar-refractivity contribution in [2.24, 2.45) is 0 Å². The third-order valence-corrected chi connectivity index (χ3v) is 2.54. The molecule has 0 aliphatic rings. The van der Waals surface area contributed by atoms with Crippen LogP contribution in [0.15, 0.2) is 18.2 Å². The maximum absolute atomic E-state index is 10.6. The Balaban J connectivity index is 3.13. The predicted molar refractivity (Wildman–Crippen MR) is 61.0 cm³/mol. The van der Waals surface area contributed by atoms with Gasteiger partial charge in [0.2, 0.25) is 6.04 Å². The molecule has 6 nitrogen and oxygen atoms in total. The average molecular weight is 241 g/mol. The van der Waals surface area contributed by atoms with E-state index in [1.807, 2.05) is 0 Å². The van der Waals surface area contributed by atoms with E-state index in [0.717, 1.165) is 0 Å². The number of hydrogen-bond acceptors (Lipinski definition) is 5. The van der Waals surface area contributed by atoms with Gasteiger partial charge in [0.1, 0.15) is 17.6 Å². The third-order valence-electron chi connectivity index (χ3n) is 2.54. The number of aliphatic hydroxyl groups excluding tert-OH is 1. The van der Waals surface area contributed by atoms with E-state index in [9.17, 15) is 15.2 Å². The molecule has 0 radical (unpaired) electrons. The Morgan fingerprint density at radius 3 is 2.47 bits per heavy atom. The molecule has 0 bridgehead atoms. The van der Waals surface area contributed by atoms with Gasteiger partial charge in [-0.15, -0.1) is 0 Å². The monoisotopic (exact) mass is 241 g/mol. The molecule has 1 aromatic rings. The number of hydrogen-bond donors (Lipinski definition) is 1. The molecule has 1 rings (SSSR count). The molecule has 0 heterocycles. The summed E-state index contributed by atoms with van der Waals surface area (Å²) in [4.78, 5) is 10.1. The summed E-state index contributed by atoms with van der Waals surface area (Å²) in [5.41, 5.74) is 0.344. The minimum atomic E-state index is -1.24. The molecule has 1 aromatic carbocycles. The van der Waals surface area contributed by atoms with Gasteiger partial charge in [0, 0.05) is 17.4 Å².